The van der Waals surface area contributed by atoms with Crippen LogP contribution in [0.2, 0.25) is 0 Å². The van der Waals surface area contributed by atoms with Gasteiger partial charge in [-0.15, -0.1) is 0 Å². The minimum absolute atomic E-state index is 0.0172. The van der Waals surface area contributed by atoms with Crippen molar-refractivity contribution in [3.63, 3.8) is 0 Å². The lowest BCUT2D eigenvalue weighted by molar-refractivity contribution is 0.0695. The number of primary sulfonamides is 1. The Bertz CT molecular complexity index is 566. The van der Waals surface area contributed by atoms with Crippen molar-refractivity contribution in [3.05, 3.63) is 29.3 Å². The topological polar surface area (TPSA) is 109 Å². The fourth-order valence-corrected chi connectivity index (χ4v) is 1.90. The predicted molar refractivity (Wildman–Crippen MR) is 64.4 cm³/mol. The van der Waals surface area contributed by atoms with Crippen LogP contribution in [0.25, 0.3) is 0 Å². The Kier molecular flexibility index (Phi) is 4.78. The number of sulfonamides is 1. The van der Waals surface area contributed by atoms with Crippen LogP contribution in [-0.2, 0) is 10.0 Å². The van der Waals surface area contributed by atoms with E-state index in [9.17, 15) is 22.0 Å². The maximum Gasteiger partial charge on any atom is 0.335 e. The van der Waals surface area contributed by atoms with Crippen LogP contribution in [0.15, 0.2) is 12.1 Å². The molecule has 6 nitrogen and oxygen atoms in total. The standard InChI is InChI=1S/C10H12F2N2O4S/c11-7-4-6(10(15)16)5-8(12)9(7)14-2-1-3-19(13,17)18/h4-5,14H,1-3H2,(H,15,16)(H2,13,17,18). The number of halogens is 2. The van der Waals surface area contributed by atoms with E-state index in [2.05, 4.69) is 5.32 Å². The molecule has 106 valence electrons. The Balaban J connectivity index is 2.72. The summed E-state index contributed by atoms with van der Waals surface area (Å²) >= 11 is 0. The minimum atomic E-state index is -3.62. The normalized spacial score (nSPS) is 11.3. The van der Waals surface area contributed by atoms with E-state index >= 15 is 0 Å². The molecule has 0 fully saturated rings. The first kappa shape index (κ1) is 15.3. The third-order valence-electron chi connectivity index (χ3n) is 2.20. The minimum Gasteiger partial charge on any atom is -0.478 e. The van der Waals surface area contributed by atoms with Crippen molar-refractivity contribution in [1.29, 1.82) is 0 Å². The monoisotopic (exact) mass is 294 g/mol. The highest BCUT2D eigenvalue weighted by atomic mass is 32.2. The van der Waals surface area contributed by atoms with Crippen molar-refractivity contribution in [2.24, 2.45) is 5.14 Å². The van der Waals surface area contributed by atoms with Gasteiger partial charge in [0, 0.05) is 6.54 Å². The van der Waals surface area contributed by atoms with E-state index in [-0.39, 0.29) is 18.7 Å². The van der Waals surface area contributed by atoms with Crippen LogP contribution < -0.4 is 10.5 Å². The second-order valence-corrected chi connectivity index (χ2v) is 5.50. The first-order valence-corrected chi connectivity index (χ1v) is 6.89. The van der Waals surface area contributed by atoms with E-state index < -0.39 is 38.9 Å². The molecule has 1 aromatic carbocycles. The van der Waals surface area contributed by atoms with Crippen LogP contribution in [0.3, 0.4) is 0 Å². The summed E-state index contributed by atoms with van der Waals surface area (Å²) in [7, 11) is -3.62. The van der Waals surface area contributed by atoms with Gasteiger partial charge in [0.15, 0.2) is 0 Å². The summed E-state index contributed by atoms with van der Waals surface area (Å²) < 4.78 is 48.1. The van der Waals surface area contributed by atoms with Gasteiger partial charge in [-0.25, -0.2) is 27.1 Å². The molecule has 19 heavy (non-hydrogen) atoms. The van der Waals surface area contributed by atoms with Gasteiger partial charge in [0.2, 0.25) is 10.0 Å². The van der Waals surface area contributed by atoms with Crippen LogP contribution in [0.4, 0.5) is 14.5 Å². The molecule has 9 heteroatoms. The first-order valence-electron chi connectivity index (χ1n) is 5.17. The number of nitrogens with two attached hydrogens (primary N) is 1. The van der Waals surface area contributed by atoms with E-state index in [0.29, 0.717) is 12.1 Å². The van der Waals surface area contributed by atoms with E-state index in [1.165, 1.54) is 0 Å². The van der Waals surface area contributed by atoms with Crippen molar-refractivity contribution < 1.29 is 27.1 Å². The van der Waals surface area contributed by atoms with Crippen molar-refractivity contribution in [3.8, 4) is 0 Å². The number of hydrogen-bond acceptors (Lipinski definition) is 4. The van der Waals surface area contributed by atoms with Crippen LogP contribution in [0, 0.1) is 11.6 Å². The van der Waals surface area contributed by atoms with Crippen LogP contribution in [0.1, 0.15) is 16.8 Å². The van der Waals surface area contributed by atoms with Gasteiger partial charge in [0.1, 0.15) is 17.3 Å². The molecular weight excluding hydrogens is 282 g/mol. The quantitative estimate of drug-likeness (QED) is 0.671. The Morgan fingerprint density at radius 2 is 1.84 bits per heavy atom. The lowest BCUT2D eigenvalue weighted by Gasteiger charge is -2.09. The van der Waals surface area contributed by atoms with Gasteiger partial charge in [-0.3, -0.25) is 0 Å². The summed E-state index contributed by atoms with van der Waals surface area (Å²) in [5, 5.41) is 15.7. The summed E-state index contributed by atoms with van der Waals surface area (Å²) in [6.45, 7) is -0.0172. The van der Waals surface area contributed by atoms with Crippen LogP contribution in [0.5, 0.6) is 0 Å². The second-order valence-electron chi connectivity index (χ2n) is 3.77. The molecule has 0 amide bonds. The molecule has 0 spiro atoms. The molecule has 1 aromatic rings. The highest BCUT2D eigenvalue weighted by Crippen LogP contribution is 2.20. The van der Waals surface area contributed by atoms with E-state index in [0.717, 1.165) is 0 Å². The predicted octanol–water partition coefficient (Wildman–Crippen LogP) is 0.753. The molecule has 0 heterocycles. The summed E-state index contributed by atoms with van der Waals surface area (Å²) in [4.78, 5) is 10.6. The molecule has 0 bridgehead atoms. The third-order valence-corrected chi connectivity index (χ3v) is 3.05. The lowest BCUT2D eigenvalue weighted by atomic mass is 10.2. The third kappa shape index (κ3) is 4.79. The fraction of sp³-hybridized carbons (Fsp3) is 0.300. The van der Waals surface area contributed by atoms with Crippen molar-refractivity contribution in [2.75, 3.05) is 17.6 Å². The number of aromatic carboxylic acids is 1. The summed E-state index contributed by atoms with van der Waals surface area (Å²) in [6.07, 6.45) is 0.0679. The zero-order valence-electron chi connectivity index (χ0n) is 9.69. The molecule has 0 aliphatic heterocycles. The molecule has 0 radical (unpaired) electrons. The van der Waals surface area contributed by atoms with Crippen molar-refractivity contribution in [1.82, 2.24) is 0 Å². The molecule has 0 saturated heterocycles. The molecule has 0 saturated carbocycles. The lowest BCUT2D eigenvalue weighted by Crippen LogP contribution is -2.19. The number of carboxylic acid groups (broad SMARTS) is 1. The largest absolute Gasteiger partial charge is 0.478 e. The number of hydrogen-bond donors (Lipinski definition) is 3. The molecule has 4 N–H and O–H groups in total. The van der Waals surface area contributed by atoms with Gasteiger partial charge >= 0.3 is 5.97 Å². The Morgan fingerprint density at radius 3 is 2.26 bits per heavy atom. The maximum absolute atomic E-state index is 13.4. The fourth-order valence-electron chi connectivity index (χ4n) is 1.35. The van der Waals surface area contributed by atoms with E-state index in [1.54, 1.807) is 0 Å². The SMILES string of the molecule is NS(=O)(=O)CCCNc1c(F)cc(C(=O)O)cc1F. The van der Waals surface area contributed by atoms with Crippen molar-refractivity contribution in [2.45, 2.75) is 6.42 Å². The zero-order chi connectivity index (χ0) is 14.6. The van der Waals surface area contributed by atoms with E-state index in [1.807, 2.05) is 0 Å². The van der Waals surface area contributed by atoms with Gasteiger partial charge in [-0.05, 0) is 18.6 Å². The Morgan fingerprint density at radius 1 is 1.32 bits per heavy atom. The highest BCUT2D eigenvalue weighted by Gasteiger charge is 2.14. The highest BCUT2D eigenvalue weighted by molar-refractivity contribution is 7.89. The summed E-state index contributed by atoms with van der Waals surface area (Å²) in [5.74, 6) is -3.89. The Hall–Kier alpha value is -1.74. The maximum atomic E-state index is 13.4. The van der Waals surface area contributed by atoms with Gasteiger partial charge in [0.05, 0.1) is 11.3 Å². The molecular formula is C10H12F2N2O4S. The first-order chi connectivity index (χ1) is 8.70. The number of carboxylic acids is 1. The average Bonchev–Trinajstić information content (AvgIpc) is 2.25. The molecule has 0 atom stereocenters. The van der Waals surface area contributed by atoms with E-state index in [4.69, 9.17) is 10.2 Å². The number of benzene rings is 1. The number of anilines is 1. The average molecular weight is 294 g/mol. The Labute approximate surface area is 108 Å². The summed E-state index contributed by atoms with van der Waals surface area (Å²) in [5.41, 5.74) is -1.01. The van der Waals surface area contributed by atoms with Gasteiger partial charge in [-0.1, -0.05) is 0 Å². The molecule has 0 aliphatic carbocycles. The summed E-state index contributed by atoms with van der Waals surface area (Å²) in [6, 6.07) is 1.35. The molecule has 0 unspecified atom stereocenters. The molecule has 0 aromatic heterocycles. The van der Waals surface area contributed by atoms with Crippen LogP contribution in [-0.4, -0.2) is 31.8 Å². The van der Waals surface area contributed by atoms with Gasteiger partial charge in [0.25, 0.3) is 0 Å². The van der Waals surface area contributed by atoms with Gasteiger partial charge < -0.3 is 10.4 Å². The number of carbonyl (C=O) groups is 1. The smallest absolute Gasteiger partial charge is 0.335 e. The molecule has 1 rings (SSSR count). The second kappa shape index (κ2) is 5.93. The molecule has 0 aliphatic rings. The van der Waals surface area contributed by atoms with Gasteiger partial charge in [-0.2, -0.15) is 0 Å². The number of rotatable bonds is 6. The van der Waals surface area contributed by atoms with Crippen molar-refractivity contribution >= 4 is 21.7 Å². The number of nitrogens with one attached hydrogen (secondary N) is 1. The van der Waals surface area contributed by atoms with Crippen LogP contribution >= 0.6 is 0 Å². The zero-order valence-corrected chi connectivity index (χ0v) is 10.5.